The Kier molecular flexibility index (Phi) is 6.54. The van der Waals surface area contributed by atoms with Gasteiger partial charge in [-0.05, 0) is 73.9 Å². The number of benzene rings is 2. The van der Waals surface area contributed by atoms with Crippen LogP contribution in [0.25, 0.3) is 0 Å². The van der Waals surface area contributed by atoms with Crippen molar-refractivity contribution in [3.63, 3.8) is 0 Å². The maximum Gasteiger partial charge on any atom is 0.118 e. The number of hydrogen-bond acceptors (Lipinski definition) is 3. The first kappa shape index (κ1) is 20.0. The number of likely N-dealkylation sites (N-methyl/N-ethyl adjacent to an activating group) is 1. The molecule has 0 aliphatic carbocycles. The molecule has 4 rings (SSSR count). The smallest absolute Gasteiger partial charge is 0.118 e. The van der Waals surface area contributed by atoms with Crippen molar-refractivity contribution >= 4 is 0 Å². The average Bonchev–Trinajstić information content (AvgIpc) is 2.77. The molecule has 3 nitrogen and oxygen atoms in total. The quantitative estimate of drug-likeness (QED) is 0.717. The van der Waals surface area contributed by atoms with Crippen molar-refractivity contribution in [3.05, 3.63) is 64.7 Å². The molecular weight excluding hydrogens is 356 g/mol. The number of fused-ring (bicyclic) bond motifs is 1. The van der Waals surface area contributed by atoms with Gasteiger partial charge in [0.2, 0.25) is 0 Å². The molecule has 0 radical (unpaired) electrons. The van der Waals surface area contributed by atoms with Gasteiger partial charge in [-0.25, -0.2) is 0 Å². The van der Waals surface area contributed by atoms with Crippen LogP contribution >= 0.6 is 0 Å². The molecule has 2 aliphatic rings. The third-order valence-electron chi connectivity index (χ3n) is 6.21. The maximum atomic E-state index is 5.32. The van der Waals surface area contributed by atoms with Crippen molar-refractivity contribution in [2.24, 2.45) is 0 Å². The molecule has 1 saturated heterocycles. The SMILES string of the molecule is COc1ccc(C2CN(C)Cc3cc(C#CCCN4CCCCC4)ccc32)cc1. The third kappa shape index (κ3) is 5.01. The van der Waals surface area contributed by atoms with E-state index in [0.29, 0.717) is 5.92 Å². The van der Waals surface area contributed by atoms with E-state index in [1.54, 1.807) is 7.11 Å². The van der Waals surface area contributed by atoms with Crippen LogP contribution in [0.15, 0.2) is 42.5 Å². The van der Waals surface area contributed by atoms with Crippen molar-refractivity contribution in [2.45, 2.75) is 38.1 Å². The molecule has 2 aromatic carbocycles. The molecule has 1 fully saturated rings. The molecule has 0 amide bonds. The third-order valence-corrected chi connectivity index (χ3v) is 6.21. The van der Waals surface area contributed by atoms with Crippen molar-refractivity contribution in [2.75, 3.05) is 40.3 Å². The summed E-state index contributed by atoms with van der Waals surface area (Å²) in [6.45, 7) is 5.64. The highest BCUT2D eigenvalue weighted by molar-refractivity contribution is 5.47. The zero-order valence-corrected chi connectivity index (χ0v) is 17.8. The molecule has 0 spiro atoms. The summed E-state index contributed by atoms with van der Waals surface area (Å²) in [6, 6.07) is 15.3. The van der Waals surface area contributed by atoms with E-state index in [-0.39, 0.29) is 0 Å². The molecular formula is C26H32N2O. The topological polar surface area (TPSA) is 15.7 Å². The zero-order chi connectivity index (χ0) is 20.1. The number of likely N-dealkylation sites (tertiary alicyclic amines) is 1. The van der Waals surface area contributed by atoms with Gasteiger partial charge in [0.1, 0.15) is 5.75 Å². The van der Waals surface area contributed by atoms with Gasteiger partial charge in [0.05, 0.1) is 7.11 Å². The average molecular weight is 389 g/mol. The van der Waals surface area contributed by atoms with Crippen LogP contribution in [0.3, 0.4) is 0 Å². The van der Waals surface area contributed by atoms with E-state index in [2.05, 4.69) is 71.2 Å². The number of methoxy groups -OCH3 is 1. The molecule has 2 aliphatic heterocycles. The number of ether oxygens (including phenoxy) is 1. The lowest BCUT2D eigenvalue weighted by atomic mass is 9.84. The van der Waals surface area contributed by atoms with Crippen molar-refractivity contribution < 1.29 is 4.74 Å². The predicted octanol–water partition coefficient (Wildman–Crippen LogP) is 4.50. The van der Waals surface area contributed by atoms with Crippen LogP contribution in [-0.4, -0.2) is 50.1 Å². The van der Waals surface area contributed by atoms with Gasteiger partial charge >= 0.3 is 0 Å². The highest BCUT2D eigenvalue weighted by Crippen LogP contribution is 2.34. The predicted molar refractivity (Wildman–Crippen MR) is 119 cm³/mol. The lowest BCUT2D eigenvalue weighted by Gasteiger charge is -2.32. The summed E-state index contributed by atoms with van der Waals surface area (Å²) in [5.41, 5.74) is 5.33. The molecule has 29 heavy (non-hydrogen) atoms. The molecule has 3 heteroatoms. The Bertz CT molecular complexity index is 872. The van der Waals surface area contributed by atoms with E-state index in [1.807, 2.05) is 0 Å². The first-order chi connectivity index (χ1) is 14.2. The van der Waals surface area contributed by atoms with Crippen LogP contribution < -0.4 is 4.74 Å². The van der Waals surface area contributed by atoms with Crippen molar-refractivity contribution in [3.8, 4) is 17.6 Å². The number of nitrogens with zero attached hydrogens (tertiary/aromatic N) is 2. The summed E-state index contributed by atoms with van der Waals surface area (Å²) in [7, 11) is 3.92. The highest BCUT2D eigenvalue weighted by atomic mass is 16.5. The van der Waals surface area contributed by atoms with Crippen LogP contribution in [0.4, 0.5) is 0 Å². The van der Waals surface area contributed by atoms with Crippen molar-refractivity contribution in [1.82, 2.24) is 9.80 Å². The molecule has 2 heterocycles. The lowest BCUT2D eigenvalue weighted by Crippen LogP contribution is -2.31. The van der Waals surface area contributed by atoms with Gasteiger partial charge in [-0.2, -0.15) is 0 Å². The Morgan fingerprint density at radius 1 is 1.03 bits per heavy atom. The Hall–Kier alpha value is -2.28. The van der Waals surface area contributed by atoms with Crippen molar-refractivity contribution in [1.29, 1.82) is 0 Å². The largest absolute Gasteiger partial charge is 0.497 e. The van der Waals surface area contributed by atoms with Gasteiger partial charge in [-0.3, -0.25) is 0 Å². The molecule has 0 aromatic heterocycles. The van der Waals surface area contributed by atoms with E-state index < -0.39 is 0 Å². The molecule has 152 valence electrons. The fraction of sp³-hybridized carbons (Fsp3) is 0.462. The number of rotatable bonds is 4. The summed E-state index contributed by atoms with van der Waals surface area (Å²) in [5, 5.41) is 0. The van der Waals surface area contributed by atoms with E-state index in [4.69, 9.17) is 4.74 Å². The minimum atomic E-state index is 0.399. The van der Waals surface area contributed by atoms with Crippen LogP contribution in [0.1, 0.15) is 53.9 Å². The first-order valence-corrected chi connectivity index (χ1v) is 10.9. The highest BCUT2D eigenvalue weighted by Gasteiger charge is 2.24. The summed E-state index contributed by atoms with van der Waals surface area (Å²) in [4.78, 5) is 4.96. The normalized spacial score (nSPS) is 19.9. The Morgan fingerprint density at radius 3 is 2.59 bits per heavy atom. The number of piperidine rings is 1. The fourth-order valence-corrected chi connectivity index (χ4v) is 4.61. The minimum absolute atomic E-state index is 0.399. The van der Waals surface area contributed by atoms with Gasteiger partial charge < -0.3 is 14.5 Å². The summed E-state index contributed by atoms with van der Waals surface area (Å²) in [6.07, 6.45) is 5.05. The molecule has 1 unspecified atom stereocenters. The van der Waals surface area contributed by atoms with Gasteiger partial charge in [-0.15, -0.1) is 0 Å². The number of hydrogen-bond donors (Lipinski definition) is 0. The second kappa shape index (κ2) is 9.48. The lowest BCUT2D eigenvalue weighted by molar-refractivity contribution is 0.234. The van der Waals surface area contributed by atoms with Gasteiger partial charge in [0.15, 0.2) is 0 Å². The molecule has 0 bridgehead atoms. The molecule has 0 N–H and O–H groups in total. The Labute approximate surface area is 175 Å². The molecule has 0 saturated carbocycles. The van der Waals surface area contributed by atoms with Gasteiger partial charge in [-0.1, -0.05) is 36.5 Å². The van der Waals surface area contributed by atoms with E-state index in [9.17, 15) is 0 Å². The van der Waals surface area contributed by atoms with E-state index >= 15 is 0 Å². The Balaban J connectivity index is 1.47. The van der Waals surface area contributed by atoms with Crippen LogP contribution in [-0.2, 0) is 6.54 Å². The summed E-state index contributed by atoms with van der Waals surface area (Å²) < 4.78 is 5.32. The Morgan fingerprint density at radius 2 is 1.83 bits per heavy atom. The van der Waals surface area contributed by atoms with Crippen LogP contribution in [0, 0.1) is 11.8 Å². The maximum absolute atomic E-state index is 5.32. The van der Waals surface area contributed by atoms with Crippen LogP contribution in [0.2, 0.25) is 0 Å². The zero-order valence-electron chi connectivity index (χ0n) is 17.8. The monoisotopic (exact) mass is 388 g/mol. The standard InChI is InChI=1S/C26H32N2O/c1-27-19-23-18-21(8-4-7-17-28-15-5-3-6-16-28)9-14-25(23)26(20-27)22-10-12-24(29-2)13-11-22/h9-14,18,26H,3,5-7,15-17,19-20H2,1-2H3. The second-order valence-electron chi connectivity index (χ2n) is 8.39. The summed E-state index contributed by atoms with van der Waals surface area (Å²) >= 11 is 0. The molecule has 2 aromatic rings. The van der Waals surface area contributed by atoms with Gasteiger partial charge in [0.25, 0.3) is 0 Å². The first-order valence-electron chi connectivity index (χ1n) is 10.9. The molecule has 1 atom stereocenters. The fourth-order valence-electron chi connectivity index (χ4n) is 4.61. The summed E-state index contributed by atoms with van der Waals surface area (Å²) in [5.74, 6) is 8.12. The van der Waals surface area contributed by atoms with E-state index in [1.165, 1.54) is 49.0 Å². The minimum Gasteiger partial charge on any atom is -0.497 e. The van der Waals surface area contributed by atoms with E-state index in [0.717, 1.165) is 37.4 Å². The van der Waals surface area contributed by atoms with Crippen LogP contribution in [0.5, 0.6) is 5.75 Å². The second-order valence-corrected chi connectivity index (χ2v) is 8.39. The van der Waals surface area contributed by atoms with Gasteiger partial charge in [0, 0.05) is 37.5 Å².